The molecule has 0 aliphatic rings. The lowest BCUT2D eigenvalue weighted by molar-refractivity contribution is -0.140. The average molecular weight is 353 g/mol. The third kappa shape index (κ3) is 3.16. The van der Waals surface area contributed by atoms with Crippen LogP contribution in [0.15, 0.2) is 30.5 Å². The van der Waals surface area contributed by atoms with Gasteiger partial charge in [0.2, 0.25) is 5.88 Å². The minimum absolute atomic E-state index is 0.0223. The Morgan fingerprint density at radius 2 is 1.92 bits per heavy atom. The van der Waals surface area contributed by atoms with Crippen LogP contribution < -0.4 is 0 Å². The zero-order chi connectivity index (χ0) is 18.4. The van der Waals surface area contributed by atoms with Crippen LogP contribution in [0.25, 0.3) is 5.65 Å². The van der Waals surface area contributed by atoms with Gasteiger partial charge in [0.15, 0.2) is 5.65 Å². The maximum Gasteiger partial charge on any atom is 0.419 e. The third-order valence-electron chi connectivity index (χ3n) is 3.90. The molecule has 8 heteroatoms. The fraction of sp³-hybridized carbons (Fsp3) is 0.294. The standard InChI is InChI=1S/C17H15F4N3O/c1-9(2)15-11(16(25)24-14(23-15)5-6-22-24)7-10-3-4-13(18)12(8-10)17(19,20)21/h3-6,8-9,25H,7H2,1-2H3. The van der Waals surface area contributed by atoms with E-state index in [9.17, 15) is 22.7 Å². The first-order chi connectivity index (χ1) is 11.7. The molecule has 0 atom stereocenters. The van der Waals surface area contributed by atoms with E-state index in [2.05, 4.69) is 10.1 Å². The molecule has 0 radical (unpaired) electrons. The van der Waals surface area contributed by atoms with Crippen LogP contribution in [0.4, 0.5) is 17.6 Å². The van der Waals surface area contributed by atoms with Crippen molar-refractivity contribution in [3.8, 4) is 5.88 Å². The molecule has 3 rings (SSSR count). The molecule has 132 valence electrons. The van der Waals surface area contributed by atoms with Gasteiger partial charge in [-0.25, -0.2) is 9.37 Å². The number of benzene rings is 1. The number of halogens is 4. The van der Waals surface area contributed by atoms with E-state index in [0.717, 1.165) is 12.1 Å². The van der Waals surface area contributed by atoms with Crippen molar-refractivity contribution in [1.82, 2.24) is 14.6 Å². The van der Waals surface area contributed by atoms with Crippen LogP contribution in [-0.4, -0.2) is 19.7 Å². The monoisotopic (exact) mass is 353 g/mol. The number of aromatic hydroxyl groups is 1. The molecule has 3 aromatic rings. The van der Waals surface area contributed by atoms with E-state index in [1.165, 1.54) is 16.8 Å². The summed E-state index contributed by atoms with van der Waals surface area (Å²) >= 11 is 0. The molecule has 0 amide bonds. The van der Waals surface area contributed by atoms with Crippen LogP contribution in [0.2, 0.25) is 0 Å². The maximum absolute atomic E-state index is 13.5. The Labute approximate surface area is 140 Å². The van der Waals surface area contributed by atoms with Gasteiger partial charge in [-0.05, 0) is 23.6 Å². The van der Waals surface area contributed by atoms with Gasteiger partial charge in [-0.2, -0.15) is 22.8 Å². The highest BCUT2D eigenvalue weighted by molar-refractivity contribution is 5.48. The van der Waals surface area contributed by atoms with Crippen LogP contribution in [0.1, 0.15) is 42.1 Å². The lowest BCUT2D eigenvalue weighted by atomic mass is 9.97. The van der Waals surface area contributed by atoms with Gasteiger partial charge in [-0.15, -0.1) is 0 Å². The second-order valence-corrected chi connectivity index (χ2v) is 6.04. The number of fused-ring (bicyclic) bond motifs is 1. The van der Waals surface area contributed by atoms with E-state index >= 15 is 0 Å². The van der Waals surface area contributed by atoms with Gasteiger partial charge in [-0.1, -0.05) is 19.9 Å². The molecule has 0 saturated carbocycles. The summed E-state index contributed by atoms with van der Waals surface area (Å²) in [5.41, 5.74) is 0.261. The summed E-state index contributed by atoms with van der Waals surface area (Å²) in [5.74, 6) is -1.58. The largest absolute Gasteiger partial charge is 0.493 e. The number of nitrogens with zero attached hydrogens (tertiary/aromatic N) is 3. The van der Waals surface area contributed by atoms with Crippen molar-refractivity contribution in [3.05, 3.63) is 58.7 Å². The predicted molar refractivity (Wildman–Crippen MR) is 82.9 cm³/mol. The molecule has 0 aliphatic heterocycles. The van der Waals surface area contributed by atoms with Crippen molar-refractivity contribution < 1.29 is 22.7 Å². The van der Waals surface area contributed by atoms with Crippen LogP contribution in [0.3, 0.4) is 0 Å². The highest BCUT2D eigenvalue weighted by Gasteiger charge is 2.34. The summed E-state index contributed by atoms with van der Waals surface area (Å²) in [5, 5.41) is 14.4. The molecular formula is C17H15F4N3O. The van der Waals surface area contributed by atoms with E-state index in [1.807, 2.05) is 13.8 Å². The average Bonchev–Trinajstić information content (AvgIpc) is 2.99. The Hall–Kier alpha value is -2.64. The molecule has 25 heavy (non-hydrogen) atoms. The second-order valence-electron chi connectivity index (χ2n) is 6.04. The van der Waals surface area contributed by atoms with E-state index in [4.69, 9.17) is 0 Å². The Bertz CT molecular complexity index is 932. The number of alkyl halides is 3. The van der Waals surface area contributed by atoms with E-state index in [0.29, 0.717) is 16.9 Å². The van der Waals surface area contributed by atoms with Crippen molar-refractivity contribution in [1.29, 1.82) is 0 Å². The van der Waals surface area contributed by atoms with Gasteiger partial charge in [-0.3, -0.25) is 0 Å². The maximum atomic E-state index is 13.5. The van der Waals surface area contributed by atoms with Gasteiger partial charge in [0.1, 0.15) is 5.82 Å². The normalized spacial score (nSPS) is 12.3. The first kappa shape index (κ1) is 17.2. The van der Waals surface area contributed by atoms with Gasteiger partial charge in [0, 0.05) is 18.1 Å². The van der Waals surface area contributed by atoms with Crippen LogP contribution in [0.5, 0.6) is 5.88 Å². The highest BCUT2D eigenvalue weighted by Crippen LogP contribution is 2.34. The number of rotatable bonds is 3. The predicted octanol–water partition coefficient (Wildman–Crippen LogP) is 4.31. The first-order valence-corrected chi connectivity index (χ1v) is 7.59. The van der Waals surface area contributed by atoms with E-state index < -0.39 is 17.6 Å². The smallest absolute Gasteiger partial charge is 0.419 e. The van der Waals surface area contributed by atoms with Gasteiger partial charge in [0.25, 0.3) is 0 Å². The molecule has 0 fully saturated rings. The molecule has 0 spiro atoms. The zero-order valence-corrected chi connectivity index (χ0v) is 13.5. The molecule has 0 saturated heterocycles. The van der Waals surface area contributed by atoms with E-state index in [-0.39, 0.29) is 23.8 Å². The minimum atomic E-state index is -4.78. The van der Waals surface area contributed by atoms with Gasteiger partial charge >= 0.3 is 6.18 Å². The third-order valence-corrected chi connectivity index (χ3v) is 3.90. The molecule has 2 heterocycles. The summed E-state index contributed by atoms with van der Waals surface area (Å²) in [4.78, 5) is 4.42. The quantitative estimate of drug-likeness (QED) is 0.714. The lowest BCUT2D eigenvalue weighted by Gasteiger charge is -2.15. The Morgan fingerprint density at radius 1 is 1.20 bits per heavy atom. The fourth-order valence-electron chi connectivity index (χ4n) is 2.73. The molecule has 1 N–H and O–H groups in total. The van der Waals surface area contributed by atoms with Crippen molar-refractivity contribution >= 4 is 5.65 Å². The Morgan fingerprint density at radius 3 is 2.56 bits per heavy atom. The number of hydrogen-bond donors (Lipinski definition) is 1. The molecule has 0 unspecified atom stereocenters. The van der Waals surface area contributed by atoms with Crippen LogP contribution in [-0.2, 0) is 12.6 Å². The zero-order valence-electron chi connectivity index (χ0n) is 13.5. The Kier molecular flexibility index (Phi) is 4.14. The summed E-state index contributed by atoms with van der Waals surface area (Å²) in [6.45, 7) is 3.73. The highest BCUT2D eigenvalue weighted by atomic mass is 19.4. The molecule has 0 aliphatic carbocycles. The number of hydrogen-bond acceptors (Lipinski definition) is 3. The van der Waals surface area contributed by atoms with Crippen molar-refractivity contribution in [2.45, 2.75) is 32.4 Å². The minimum Gasteiger partial charge on any atom is -0.493 e. The van der Waals surface area contributed by atoms with Gasteiger partial charge in [0.05, 0.1) is 17.5 Å². The van der Waals surface area contributed by atoms with Crippen molar-refractivity contribution in [3.63, 3.8) is 0 Å². The van der Waals surface area contributed by atoms with E-state index in [1.54, 1.807) is 6.07 Å². The molecule has 2 aromatic heterocycles. The van der Waals surface area contributed by atoms with Crippen LogP contribution in [0, 0.1) is 5.82 Å². The van der Waals surface area contributed by atoms with Crippen molar-refractivity contribution in [2.24, 2.45) is 0 Å². The Balaban J connectivity index is 2.12. The molecule has 0 bridgehead atoms. The second kappa shape index (κ2) is 6.02. The number of aromatic nitrogens is 3. The topological polar surface area (TPSA) is 50.4 Å². The van der Waals surface area contributed by atoms with Crippen LogP contribution >= 0.6 is 0 Å². The fourth-order valence-corrected chi connectivity index (χ4v) is 2.73. The molecule has 4 nitrogen and oxygen atoms in total. The summed E-state index contributed by atoms with van der Waals surface area (Å²) in [6, 6.07) is 4.42. The molecule has 1 aromatic carbocycles. The summed E-state index contributed by atoms with van der Waals surface area (Å²) in [6.07, 6.45) is -3.34. The molecular weight excluding hydrogens is 338 g/mol. The SMILES string of the molecule is CC(C)c1nc2ccnn2c(O)c1Cc1ccc(F)c(C(F)(F)F)c1. The lowest BCUT2D eigenvalue weighted by Crippen LogP contribution is -2.10. The summed E-state index contributed by atoms with van der Waals surface area (Å²) < 4.78 is 53.4. The summed E-state index contributed by atoms with van der Waals surface area (Å²) in [7, 11) is 0. The first-order valence-electron chi connectivity index (χ1n) is 7.59. The van der Waals surface area contributed by atoms with Crippen molar-refractivity contribution in [2.75, 3.05) is 0 Å². The van der Waals surface area contributed by atoms with Gasteiger partial charge < -0.3 is 5.11 Å².